The summed E-state index contributed by atoms with van der Waals surface area (Å²) in [5.41, 5.74) is 0.909. The Balaban J connectivity index is 2.09. The summed E-state index contributed by atoms with van der Waals surface area (Å²) in [5.74, 6) is 2.11. The summed E-state index contributed by atoms with van der Waals surface area (Å²) in [5, 5.41) is 4.00. The van der Waals surface area contributed by atoms with Crippen molar-refractivity contribution in [1.82, 2.24) is 0 Å². The molecule has 0 saturated heterocycles. The van der Waals surface area contributed by atoms with E-state index >= 15 is 0 Å². The number of fused-ring (bicyclic) bond motifs is 1. The van der Waals surface area contributed by atoms with E-state index < -0.39 is 0 Å². The minimum absolute atomic E-state index is 0.278. The molecule has 1 atom stereocenters. The van der Waals surface area contributed by atoms with Crippen molar-refractivity contribution in [3.63, 3.8) is 0 Å². The lowest BCUT2D eigenvalue weighted by atomic mass is 10.1. The SMILES string of the molecule is CCC(C)CNc1cc2c(cc1Cl)OCO2. The van der Waals surface area contributed by atoms with Crippen LogP contribution < -0.4 is 14.8 Å². The van der Waals surface area contributed by atoms with Crippen LogP contribution in [0.4, 0.5) is 5.69 Å². The molecule has 0 amide bonds. The van der Waals surface area contributed by atoms with Gasteiger partial charge in [-0.15, -0.1) is 0 Å². The van der Waals surface area contributed by atoms with Gasteiger partial charge in [0.05, 0.1) is 10.7 Å². The molecule has 2 rings (SSSR count). The average Bonchev–Trinajstić information content (AvgIpc) is 2.72. The lowest BCUT2D eigenvalue weighted by molar-refractivity contribution is 0.174. The molecular weight excluding hydrogens is 226 g/mol. The molecule has 1 aliphatic heterocycles. The summed E-state index contributed by atoms with van der Waals surface area (Å²) in [7, 11) is 0. The predicted octanol–water partition coefficient (Wildman–Crippen LogP) is 3.53. The normalized spacial score (nSPS) is 14.9. The second kappa shape index (κ2) is 4.83. The summed E-state index contributed by atoms with van der Waals surface area (Å²) in [4.78, 5) is 0. The van der Waals surface area contributed by atoms with Crippen LogP contribution in [0.1, 0.15) is 20.3 Å². The molecule has 0 aliphatic carbocycles. The highest BCUT2D eigenvalue weighted by Crippen LogP contribution is 2.39. The van der Waals surface area contributed by atoms with E-state index in [-0.39, 0.29) is 6.79 Å². The van der Waals surface area contributed by atoms with Crippen molar-refractivity contribution >= 4 is 17.3 Å². The van der Waals surface area contributed by atoms with E-state index in [9.17, 15) is 0 Å². The molecular formula is C12H16ClNO2. The molecule has 0 aromatic heterocycles. The van der Waals surface area contributed by atoms with Gasteiger partial charge >= 0.3 is 0 Å². The number of nitrogens with one attached hydrogen (secondary N) is 1. The zero-order valence-corrected chi connectivity index (χ0v) is 10.3. The van der Waals surface area contributed by atoms with Crippen molar-refractivity contribution in [2.24, 2.45) is 5.92 Å². The quantitative estimate of drug-likeness (QED) is 0.875. The van der Waals surface area contributed by atoms with Crippen molar-refractivity contribution in [3.8, 4) is 11.5 Å². The number of anilines is 1. The maximum atomic E-state index is 6.14. The highest BCUT2D eigenvalue weighted by Gasteiger charge is 2.16. The van der Waals surface area contributed by atoms with Gasteiger partial charge in [-0.25, -0.2) is 0 Å². The maximum Gasteiger partial charge on any atom is 0.231 e. The lowest BCUT2D eigenvalue weighted by Crippen LogP contribution is -2.10. The van der Waals surface area contributed by atoms with Crippen molar-refractivity contribution in [2.45, 2.75) is 20.3 Å². The van der Waals surface area contributed by atoms with Gasteiger partial charge in [0.25, 0.3) is 0 Å². The highest BCUT2D eigenvalue weighted by molar-refractivity contribution is 6.33. The third-order valence-corrected chi connectivity index (χ3v) is 3.11. The van der Waals surface area contributed by atoms with Crippen LogP contribution in [0.2, 0.25) is 5.02 Å². The molecule has 0 spiro atoms. The van der Waals surface area contributed by atoms with Gasteiger partial charge < -0.3 is 14.8 Å². The molecule has 3 nitrogen and oxygen atoms in total. The fraction of sp³-hybridized carbons (Fsp3) is 0.500. The number of rotatable bonds is 4. The standard InChI is InChI=1S/C12H16ClNO2/c1-3-8(2)6-14-10-5-12-11(4-9(10)13)15-7-16-12/h4-5,8,14H,3,6-7H2,1-2H3. The van der Waals surface area contributed by atoms with Gasteiger partial charge in [0.1, 0.15) is 0 Å². The van der Waals surface area contributed by atoms with Crippen LogP contribution in [0.15, 0.2) is 12.1 Å². The van der Waals surface area contributed by atoms with Gasteiger partial charge in [0.2, 0.25) is 6.79 Å². The second-order valence-corrected chi connectivity index (χ2v) is 4.49. The zero-order chi connectivity index (χ0) is 11.5. The maximum absolute atomic E-state index is 6.14. The van der Waals surface area contributed by atoms with Gasteiger partial charge in [-0.1, -0.05) is 31.9 Å². The average molecular weight is 242 g/mol. The molecule has 1 N–H and O–H groups in total. The van der Waals surface area contributed by atoms with E-state index in [4.69, 9.17) is 21.1 Å². The van der Waals surface area contributed by atoms with E-state index in [0.717, 1.165) is 30.2 Å². The third-order valence-electron chi connectivity index (χ3n) is 2.80. The molecule has 0 radical (unpaired) electrons. The number of hydrogen-bond acceptors (Lipinski definition) is 3. The van der Waals surface area contributed by atoms with Gasteiger partial charge in [0.15, 0.2) is 11.5 Å². The van der Waals surface area contributed by atoms with Crippen LogP contribution in [0.3, 0.4) is 0 Å². The summed E-state index contributed by atoms with van der Waals surface area (Å²) in [6.07, 6.45) is 1.15. The molecule has 0 saturated carbocycles. The van der Waals surface area contributed by atoms with Crippen molar-refractivity contribution in [3.05, 3.63) is 17.2 Å². The smallest absolute Gasteiger partial charge is 0.231 e. The minimum Gasteiger partial charge on any atom is -0.454 e. The Labute approximate surface area is 101 Å². The monoisotopic (exact) mass is 241 g/mol. The Hall–Kier alpha value is -1.09. The summed E-state index contributed by atoms with van der Waals surface area (Å²) < 4.78 is 10.6. The van der Waals surface area contributed by atoms with Crippen LogP contribution in [0.25, 0.3) is 0 Å². The fourth-order valence-corrected chi connectivity index (χ4v) is 1.70. The lowest BCUT2D eigenvalue weighted by Gasteiger charge is -2.13. The summed E-state index contributed by atoms with van der Waals surface area (Å²) in [6, 6.07) is 3.69. The summed E-state index contributed by atoms with van der Waals surface area (Å²) >= 11 is 6.14. The van der Waals surface area contributed by atoms with Gasteiger partial charge in [-0.3, -0.25) is 0 Å². The van der Waals surface area contributed by atoms with Crippen LogP contribution in [0, 0.1) is 5.92 Å². The van der Waals surface area contributed by atoms with Crippen molar-refractivity contribution < 1.29 is 9.47 Å². The zero-order valence-electron chi connectivity index (χ0n) is 9.55. The molecule has 88 valence electrons. The minimum atomic E-state index is 0.278. The first-order chi connectivity index (χ1) is 7.70. The third kappa shape index (κ3) is 2.35. The Bertz CT molecular complexity index is 382. The summed E-state index contributed by atoms with van der Waals surface area (Å²) in [6.45, 7) is 5.57. The number of benzene rings is 1. The van der Waals surface area contributed by atoms with E-state index in [0.29, 0.717) is 10.9 Å². The van der Waals surface area contributed by atoms with Gasteiger partial charge in [0, 0.05) is 18.7 Å². The van der Waals surface area contributed by atoms with Gasteiger partial charge in [-0.05, 0) is 5.92 Å². The Kier molecular flexibility index (Phi) is 3.44. The number of ether oxygens (including phenoxy) is 2. The Morgan fingerprint density at radius 3 is 2.75 bits per heavy atom. The molecule has 0 bridgehead atoms. The van der Waals surface area contributed by atoms with E-state index in [1.54, 1.807) is 6.07 Å². The topological polar surface area (TPSA) is 30.5 Å². The first-order valence-electron chi connectivity index (χ1n) is 5.53. The first kappa shape index (κ1) is 11.4. The van der Waals surface area contributed by atoms with Crippen LogP contribution in [0.5, 0.6) is 11.5 Å². The Morgan fingerprint density at radius 2 is 2.06 bits per heavy atom. The largest absolute Gasteiger partial charge is 0.454 e. The molecule has 16 heavy (non-hydrogen) atoms. The molecule has 4 heteroatoms. The highest BCUT2D eigenvalue weighted by atomic mass is 35.5. The van der Waals surface area contributed by atoms with Crippen molar-refractivity contribution in [1.29, 1.82) is 0 Å². The van der Waals surface area contributed by atoms with Crippen molar-refractivity contribution in [2.75, 3.05) is 18.7 Å². The second-order valence-electron chi connectivity index (χ2n) is 4.08. The molecule has 1 unspecified atom stereocenters. The van der Waals surface area contributed by atoms with Crippen LogP contribution in [-0.4, -0.2) is 13.3 Å². The first-order valence-corrected chi connectivity index (χ1v) is 5.91. The fourth-order valence-electron chi connectivity index (χ4n) is 1.48. The molecule has 0 fully saturated rings. The molecule has 1 aliphatic rings. The number of halogens is 1. The molecule has 1 aromatic rings. The number of hydrogen-bond donors (Lipinski definition) is 1. The van der Waals surface area contributed by atoms with Crippen LogP contribution >= 0.6 is 11.6 Å². The molecule has 1 aromatic carbocycles. The predicted molar refractivity (Wildman–Crippen MR) is 65.5 cm³/mol. The van der Waals surface area contributed by atoms with Crippen LogP contribution in [-0.2, 0) is 0 Å². The van der Waals surface area contributed by atoms with E-state index in [1.165, 1.54) is 0 Å². The Morgan fingerprint density at radius 1 is 1.38 bits per heavy atom. The molecule has 1 heterocycles. The van der Waals surface area contributed by atoms with E-state index in [2.05, 4.69) is 19.2 Å². The van der Waals surface area contributed by atoms with E-state index in [1.807, 2.05) is 6.07 Å². The van der Waals surface area contributed by atoms with Gasteiger partial charge in [-0.2, -0.15) is 0 Å².